The van der Waals surface area contributed by atoms with E-state index in [0.717, 1.165) is 29.6 Å². The second-order valence-electron chi connectivity index (χ2n) is 3.62. The van der Waals surface area contributed by atoms with Crippen molar-refractivity contribution in [3.8, 4) is 0 Å². The zero-order valence-electron chi connectivity index (χ0n) is 3.83. The molecule has 0 aromatic rings. The van der Waals surface area contributed by atoms with Crippen LogP contribution in [0.4, 0.5) is 0 Å². The van der Waals surface area contributed by atoms with Crippen molar-refractivity contribution in [3.05, 3.63) is 0 Å². The summed E-state index contributed by atoms with van der Waals surface area (Å²) in [6.45, 7) is 0. The van der Waals surface area contributed by atoms with Gasteiger partial charge >= 0.3 is 0 Å². The van der Waals surface area contributed by atoms with Crippen LogP contribution in [0.5, 0.6) is 0 Å². The molecule has 4 unspecified atom stereocenters. The summed E-state index contributed by atoms with van der Waals surface area (Å²) in [4.78, 5) is 0. The second kappa shape index (κ2) is 0.334. The molecule has 0 bridgehead atoms. The first kappa shape index (κ1) is 2.49. The van der Waals surface area contributed by atoms with Crippen LogP contribution in [-0.4, -0.2) is 10.7 Å². The van der Waals surface area contributed by atoms with Crippen molar-refractivity contribution in [2.24, 2.45) is 29.6 Å². The van der Waals surface area contributed by atoms with Crippen LogP contribution in [0.15, 0.2) is 0 Å². The van der Waals surface area contributed by atoms with Crippen molar-refractivity contribution in [3.63, 3.8) is 0 Å². The van der Waals surface area contributed by atoms with Gasteiger partial charge in [0.1, 0.15) is 0 Å². The predicted octanol–water partition coefficient (Wildman–Crippen LogP) is -0.147. The van der Waals surface area contributed by atoms with E-state index >= 15 is 0 Å². The van der Waals surface area contributed by atoms with Gasteiger partial charge < -0.3 is 5.11 Å². The quantitative estimate of drug-likeness (QED) is 0.442. The third kappa shape index (κ3) is 0.0649. The van der Waals surface area contributed by atoms with E-state index in [4.69, 9.17) is 0 Å². The van der Waals surface area contributed by atoms with Crippen molar-refractivity contribution in [1.29, 1.82) is 0 Å². The van der Waals surface area contributed by atoms with Crippen molar-refractivity contribution in [2.45, 2.75) is 5.60 Å². The number of rotatable bonds is 0. The van der Waals surface area contributed by atoms with E-state index < -0.39 is 0 Å². The Balaban J connectivity index is 2.17. The molecule has 5 rings (SSSR count). The molecule has 0 aliphatic heterocycles. The first-order valence-corrected chi connectivity index (χ1v) is 3.09. The van der Waals surface area contributed by atoms with Crippen LogP contribution in [0.1, 0.15) is 0 Å². The molecule has 0 radical (unpaired) electrons. The fourth-order valence-electron chi connectivity index (χ4n) is 3.51. The van der Waals surface area contributed by atoms with Crippen LogP contribution >= 0.6 is 0 Å². The molecule has 36 valence electrons. The minimum absolute atomic E-state index is 0.0185. The summed E-state index contributed by atoms with van der Waals surface area (Å²) in [6, 6.07) is 0. The van der Waals surface area contributed by atoms with Gasteiger partial charge in [0, 0.05) is 0 Å². The number of hydrogen-bond acceptors (Lipinski definition) is 1. The van der Waals surface area contributed by atoms with E-state index in [2.05, 4.69) is 0 Å². The van der Waals surface area contributed by atoms with Crippen molar-refractivity contribution in [2.75, 3.05) is 0 Å². The Bertz CT molecular complexity index is 157. The van der Waals surface area contributed by atoms with Gasteiger partial charge in [-0.3, -0.25) is 0 Å². The lowest BCUT2D eigenvalue weighted by Crippen LogP contribution is -2.28. The summed E-state index contributed by atoms with van der Waals surface area (Å²) in [5, 5.41) is 9.33. The minimum atomic E-state index is -0.0185. The Morgan fingerprint density at radius 1 is 1.00 bits per heavy atom. The first-order chi connectivity index (χ1) is 3.37. The topological polar surface area (TPSA) is 20.2 Å². The largest absolute Gasteiger partial charge is 0.389 e. The third-order valence-corrected chi connectivity index (χ3v) is 3.84. The molecular formula is C6H6O. The molecule has 4 atom stereocenters. The summed E-state index contributed by atoms with van der Waals surface area (Å²) in [7, 11) is 0. The van der Waals surface area contributed by atoms with Crippen molar-refractivity contribution in [1.82, 2.24) is 0 Å². The summed E-state index contributed by atoms with van der Waals surface area (Å²) in [5.41, 5.74) is -0.0185. The lowest BCUT2D eigenvalue weighted by Gasteiger charge is -2.19. The maximum absolute atomic E-state index is 9.33. The van der Waals surface area contributed by atoms with E-state index in [1.165, 1.54) is 0 Å². The SMILES string of the molecule is OC12C3C4C3C1C42. The van der Waals surface area contributed by atoms with Gasteiger partial charge in [-0.05, 0) is 29.6 Å². The maximum atomic E-state index is 9.33. The highest BCUT2D eigenvalue weighted by Gasteiger charge is 3.06. The van der Waals surface area contributed by atoms with Gasteiger partial charge in [-0.1, -0.05) is 0 Å². The van der Waals surface area contributed by atoms with Crippen LogP contribution in [0.2, 0.25) is 0 Å². The Morgan fingerprint density at radius 3 is 1.71 bits per heavy atom. The minimum Gasteiger partial charge on any atom is -0.389 e. The number of aliphatic hydroxyl groups is 1. The van der Waals surface area contributed by atoms with Crippen LogP contribution in [0.25, 0.3) is 0 Å². The van der Waals surface area contributed by atoms with Crippen molar-refractivity contribution >= 4 is 0 Å². The molecule has 5 aliphatic rings. The molecule has 0 heterocycles. The molecule has 7 heavy (non-hydrogen) atoms. The first-order valence-electron chi connectivity index (χ1n) is 3.09. The fourth-order valence-corrected chi connectivity index (χ4v) is 3.51. The Labute approximate surface area is 41.3 Å². The molecule has 5 fully saturated rings. The van der Waals surface area contributed by atoms with Gasteiger partial charge in [-0.15, -0.1) is 0 Å². The summed E-state index contributed by atoms with van der Waals surface area (Å²) in [6.07, 6.45) is 0. The Hall–Kier alpha value is -0.0400. The van der Waals surface area contributed by atoms with E-state index in [1.807, 2.05) is 0 Å². The lowest BCUT2D eigenvalue weighted by atomic mass is 9.95. The zero-order valence-corrected chi connectivity index (χ0v) is 3.83. The summed E-state index contributed by atoms with van der Waals surface area (Å²) < 4.78 is 0. The highest BCUT2D eigenvalue weighted by atomic mass is 16.3. The van der Waals surface area contributed by atoms with Gasteiger partial charge in [0.2, 0.25) is 0 Å². The summed E-state index contributed by atoms with van der Waals surface area (Å²) in [5.74, 6) is 4.61. The monoisotopic (exact) mass is 94.0 g/mol. The molecule has 1 heteroatoms. The molecular weight excluding hydrogens is 88.1 g/mol. The lowest BCUT2D eigenvalue weighted by molar-refractivity contribution is 0.0296. The van der Waals surface area contributed by atoms with Crippen LogP contribution in [0.3, 0.4) is 0 Å². The highest BCUT2D eigenvalue weighted by Crippen LogP contribution is 3.02. The summed E-state index contributed by atoms with van der Waals surface area (Å²) >= 11 is 0. The molecule has 5 saturated carbocycles. The molecule has 0 saturated heterocycles. The number of hydrogen-bond donors (Lipinski definition) is 1. The Kier molecular flexibility index (Phi) is 0.119. The van der Waals surface area contributed by atoms with Gasteiger partial charge in [0.15, 0.2) is 0 Å². The molecule has 5 aliphatic carbocycles. The van der Waals surface area contributed by atoms with E-state index in [-0.39, 0.29) is 5.60 Å². The van der Waals surface area contributed by atoms with E-state index in [1.54, 1.807) is 0 Å². The molecule has 0 amide bonds. The molecule has 1 nitrogen and oxygen atoms in total. The second-order valence-corrected chi connectivity index (χ2v) is 3.62. The van der Waals surface area contributed by atoms with Gasteiger partial charge in [0.25, 0.3) is 0 Å². The third-order valence-electron chi connectivity index (χ3n) is 3.84. The molecule has 1 N–H and O–H groups in total. The fraction of sp³-hybridized carbons (Fsp3) is 1.00. The Morgan fingerprint density at radius 2 is 1.57 bits per heavy atom. The van der Waals surface area contributed by atoms with Crippen LogP contribution in [-0.2, 0) is 0 Å². The van der Waals surface area contributed by atoms with E-state index in [0.29, 0.717) is 0 Å². The van der Waals surface area contributed by atoms with Gasteiger partial charge in [-0.2, -0.15) is 0 Å². The predicted molar refractivity (Wildman–Crippen MR) is 22.4 cm³/mol. The average molecular weight is 94.1 g/mol. The van der Waals surface area contributed by atoms with Gasteiger partial charge in [-0.25, -0.2) is 0 Å². The molecule has 0 aromatic heterocycles. The normalized spacial score (nSPS) is 105. The zero-order chi connectivity index (χ0) is 4.39. The molecule has 0 aromatic carbocycles. The molecule has 0 spiro atoms. The standard InChI is InChI=1S/C6H6O/c7-6-3-1-2(3)5(6)4(1)6/h1-5,7H. The smallest absolute Gasteiger partial charge is 0.0750 e. The maximum Gasteiger partial charge on any atom is 0.0750 e. The average Bonchev–Trinajstić information content (AvgIpc) is 2.05. The van der Waals surface area contributed by atoms with Crippen molar-refractivity contribution < 1.29 is 5.11 Å². The van der Waals surface area contributed by atoms with Crippen LogP contribution < -0.4 is 0 Å². The van der Waals surface area contributed by atoms with E-state index in [9.17, 15) is 5.11 Å². The highest BCUT2D eigenvalue weighted by molar-refractivity contribution is 5.53. The van der Waals surface area contributed by atoms with Crippen LogP contribution in [0, 0.1) is 29.6 Å². The van der Waals surface area contributed by atoms with Gasteiger partial charge in [0.05, 0.1) is 5.60 Å².